The molecule has 15 heavy (non-hydrogen) atoms. The number of hydrogen-bond donors (Lipinski definition) is 1. The van der Waals surface area contributed by atoms with Gasteiger partial charge in [0.05, 0.1) is 0 Å². The molecule has 1 nitrogen and oxygen atoms in total. The largest absolute Gasteiger partial charge is 0.330 e. The van der Waals surface area contributed by atoms with Crippen molar-refractivity contribution in [3.63, 3.8) is 0 Å². The third-order valence-corrected chi connectivity index (χ3v) is 4.45. The van der Waals surface area contributed by atoms with Gasteiger partial charge in [-0.3, -0.25) is 0 Å². The molecule has 0 aliphatic heterocycles. The van der Waals surface area contributed by atoms with Crippen molar-refractivity contribution in [1.29, 1.82) is 0 Å². The summed E-state index contributed by atoms with van der Waals surface area (Å²) < 4.78 is 0. The van der Waals surface area contributed by atoms with E-state index in [1.807, 2.05) is 11.3 Å². The Morgan fingerprint density at radius 3 is 2.67 bits per heavy atom. The molecule has 86 valence electrons. The average Bonchev–Trinajstić information content (AvgIpc) is 2.66. The minimum absolute atomic E-state index is 0.657. The van der Waals surface area contributed by atoms with Crippen LogP contribution in [0.4, 0.5) is 0 Å². The number of thiophene rings is 1. The van der Waals surface area contributed by atoms with Crippen LogP contribution in [0.25, 0.3) is 0 Å². The lowest BCUT2D eigenvalue weighted by Crippen LogP contribution is -2.11. The molecule has 2 N–H and O–H groups in total. The quantitative estimate of drug-likeness (QED) is 0.783. The van der Waals surface area contributed by atoms with Crippen molar-refractivity contribution in [2.75, 3.05) is 6.54 Å². The summed E-state index contributed by atoms with van der Waals surface area (Å²) in [6.07, 6.45) is 3.59. The molecule has 0 amide bonds. The molecule has 0 aliphatic carbocycles. The van der Waals surface area contributed by atoms with Gasteiger partial charge in [0.15, 0.2) is 0 Å². The highest BCUT2D eigenvalue weighted by Crippen LogP contribution is 2.31. The topological polar surface area (TPSA) is 26.0 Å². The summed E-state index contributed by atoms with van der Waals surface area (Å²) >= 11 is 1.98. The van der Waals surface area contributed by atoms with E-state index >= 15 is 0 Å². The maximum absolute atomic E-state index is 5.60. The van der Waals surface area contributed by atoms with Gasteiger partial charge >= 0.3 is 0 Å². The van der Waals surface area contributed by atoms with Crippen LogP contribution in [-0.2, 0) is 6.42 Å². The summed E-state index contributed by atoms with van der Waals surface area (Å²) in [5.74, 6) is 1.35. The molecule has 1 aromatic heterocycles. The molecule has 0 spiro atoms. The Kier molecular flexibility index (Phi) is 5.34. The van der Waals surface area contributed by atoms with Crippen molar-refractivity contribution < 1.29 is 0 Å². The van der Waals surface area contributed by atoms with Gasteiger partial charge in [-0.15, -0.1) is 11.3 Å². The van der Waals surface area contributed by atoms with Crippen LogP contribution in [0, 0.1) is 5.92 Å². The Labute approximate surface area is 97.7 Å². The first-order valence-electron chi connectivity index (χ1n) is 5.97. The molecule has 0 fully saturated rings. The highest BCUT2D eigenvalue weighted by Gasteiger charge is 2.15. The van der Waals surface area contributed by atoms with E-state index in [1.54, 1.807) is 0 Å². The molecular weight excluding hydrogens is 202 g/mol. The predicted molar refractivity (Wildman–Crippen MR) is 69.6 cm³/mol. The molecule has 2 atom stereocenters. The first-order valence-corrected chi connectivity index (χ1v) is 6.79. The number of hydrogen-bond acceptors (Lipinski definition) is 2. The van der Waals surface area contributed by atoms with Crippen molar-refractivity contribution in [3.05, 3.63) is 21.9 Å². The molecule has 1 heterocycles. The van der Waals surface area contributed by atoms with Gasteiger partial charge in [-0.05, 0) is 43.4 Å². The van der Waals surface area contributed by atoms with Crippen LogP contribution < -0.4 is 5.73 Å². The van der Waals surface area contributed by atoms with E-state index in [9.17, 15) is 0 Å². The van der Waals surface area contributed by atoms with E-state index in [4.69, 9.17) is 5.73 Å². The van der Waals surface area contributed by atoms with E-state index in [0.717, 1.165) is 13.0 Å². The maximum Gasteiger partial charge on any atom is 0.00790 e. The lowest BCUT2D eigenvalue weighted by molar-refractivity contribution is 0.464. The first-order chi connectivity index (χ1) is 7.19. The Balaban J connectivity index is 2.60. The van der Waals surface area contributed by atoms with Crippen LogP contribution in [0.15, 0.2) is 12.1 Å². The standard InChI is InChI=1S/C13H23NS/c1-4-5-12-6-7-13(15-12)11(3)10(2)8-9-14/h6-7,10-11H,4-5,8-9,14H2,1-3H3. The highest BCUT2D eigenvalue weighted by atomic mass is 32.1. The molecule has 0 aliphatic rings. The molecule has 0 bridgehead atoms. The predicted octanol–water partition coefficient (Wildman–Crippen LogP) is 3.79. The summed E-state index contributed by atoms with van der Waals surface area (Å²) in [5.41, 5.74) is 5.60. The summed E-state index contributed by atoms with van der Waals surface area (Å²) in [7, 11) is 0. The van der Waals surface area contributed by atoms with Crippen LogP contribution in [0.5, 0.6) is 0 Å². The SMILES string of the molecule is CCCc1ccc(C(C)C(C)CCN)s1. The van der Waals surface area contributed by atoms with Crippen LogP contribution in [-0.4, -0.2) is 6.54 Å². The van der Waals surface area contributed by atoms with Gasteiger partial charge < -0.3 is 5.73 Å². The van der Waals surface area contributed by atoms with E-state index < -0.39 is 0 Å². The molecule has 0 radical (unpaired) electrons. The van der Waals surface area contributed by atoms with Gasteiger partial charge in [0, 0.05) is 9.75 Å². The Hall–Kier alpha value is -0.340. The lowest BCUT2D eigenvalue weighted by atomic mass is 9.92. The molecule has 0 aromatic carbocycles. The van der Waals surface area contributed by atoms with Gasteiger partial charge in [0.2, 0.25) is 0 Å². The molecule has 2 heteroatoms. The minimum atomic E-state index is 0.657. The summed E-state index contributed by atoms with van der Waals surface area (Å²) in [4.78, 5) is 3.05. The smallest absolute Gasteiger partial charge is 0.00790 e. The third kappa shape index (κ3) is 3.62. The summed E-state index contributed by atoms with van der Waals surface area (Å²) in [6, 6.07) is 4.59. The van der Waals surface area contributed by atoms with E-state index in [-0.39, 0.29) is 0 Å². The maximum atomic E-state index is 5.60. The summed E-state index contributed by atoms with van der Waals surface area (Å²) in [6.45, 7) is 7.66. The first kappa shape index (κ1) is 12.7. The zero-order valence-corrected chi connectivity index (χ0v) is 10.9. The number of rotatable bonds is 6. The van der Waals surface area contributed by atoms with Crippen LogP contribution >= 0.6 is 11.3 Å². The summed E-state index contributed by atoms with van der Waals surface area (Å²) in [5, 5.41) is 0. The Bertz CT molecular complexity index is 280. The third-order valence-electron chi connectivity index (χ3n) is 3.10. The van der Waals surface area contributed by atoms with Crippen molar-refractivity contribution in [2.24, 2.45) is 11.7 Å². The fraction of sp³-hybridized carbons (Fsp3) is 0.692. The highest BCUT2D eigenvalue weighted by molar-refractivity contribution is 7.12. The average molecular weight is 225 g/mol. The van der Waals surface area contributed by atoms with Gasteiger partial charge in [-0.1, -0.05) is 27.2 Å². The molecule has 0 saturated carbocycles. The molecule has 1 rings (SSSR count). The van der Waals surface area contributed by atoms with Crippen molar-refractivity contribution in [1.82, 2.24) is 0 Å². The second-order valence-corrected chi connectivity index (χ2v) is 5.60. The van der Waals surface area contributed by atoms with Crippen LogP contribution in [0.3, 0.4) is 0 Å². The van der Waals surface area contributed by atoms with Crippen molar-refractivity contribution in [3.8, 4) is 0 Å². The fourth-order valence-corrected chi connectivity index (χ4v) is 3.11. The molecule has 2 unspecified atom stereocenters. The van der Waals surface area contributed by atoms with E-state index in [2.05, 4.69) is 32.9 Å². The second-order valence-electron chi connectivity index (χ2n) is 4.40. The molecule has 0 saturated heterocycles. The Morgan fingerprint density at radius 2 is 2.07 bits per heavy atom. The normalized spacial score (nSPS) is 15.2. The van der Waals surface area contributed by atoms with E-state index in [0.29, 0.717) is 11.8 Å². The van der Waals surface area contributed by atoms with Gasteiger partial charge in [0.1, 0.15) is 0 Å². The van der Waals surface area contributed by atoms with Gasteiger partial charge in [-0.25, -0.2) is 0 Å². The fourth-order valence-electron chi connectivity index (χ4n) is 1.81. The van der Waals surface area contributed by atoms with Crippen LogP contribution in [0.2, 0.25) is 0 Å². The Morgan fingerprint density at radius 1 is 1.33 bits per heavy atom. The van der Waals surface area contributed by atoms with Gasteiger partial charge in [-0.2, -0.15) is 0 Å². The second kappa shape index (κ2) is 6.29. The van der Waals surface area contributed by atoms with Crippen molar-refractivity contribution in [2.45, 2.75) is 46.0 Å². The number of aryl methyl sites for hydroxylation is 1. The minimum Gasteiger partial charge on any atom is -0.330 e. The lowest BCUT2D eigenvalue weighted by Gasteiger charge is -2.17. The zero-order valence-electron chi connectivity index (χ0n) is 10.1. The molecular formula is C13H23NS. The van der Waals surface area contributed by atoms with Crippen LogP contribution in [0.1, 0.15) is 49.3 Å². The van der Waals surface area contributed by atoms with Crippen molar-refractivity contribution >= 4 is 11.3 Å². The molecule has 1 aromatic rings. The monoisotopic (exact) mass is 225 g/mol. The zero-order chi connectivity index (χ0) is 11.3. The van der Waals surface area contributed by atoms with E-state index in [1.165, 1.54) is 22.6 Å². The van der Waals surface area contributed by atoms with Gasteiger partial charge in [0.25, 0.3) is 0 Å². The number of nitrogens with two attached hydrogens (primary N) is 1.